The molecule has 0 rings (SSSR count). The Morgan fingerprint density at radius 2 is 2.20 bits per heavy atom. The lowest BCUT2D eigenvalue weighted by Crippen LogP contribution is -2.10. The highest BCUT2D eigenvalue weighted by Crippen LogP contribution is 1.50. The maximum absolute atomic E-state index is 9.30. The molecule has 0 saturated carbocycles. The summed E-state index contributed by atoms with van der Waals surface area (Å²) in [5, 5.41) is 0. The van der Waals surface area contributed by atoms with Crippen LogP contribution >= 0.6 is 0 Å². The summed E-state index contributed by atoms with van der Waals surface area (Å²) >= 11 is 0. The molecule has 3 nitrogen and oxygen atoms in total. The van der Waals surface area contributed by atoms with Gasteiger partial charge < -0.3 is 10.2 Å². The van der Waals surface area contributed by atoms with Crippen LogP contribution in [-0.4, -0.2) is 15.5 Å². The molecule has 3 N–H and O–H groups in total. The Hall–Kier alpha value is 0.135. The Labute approximate surface area is 33.0 Å². The molecule has 1 radical (unpaired) electrons. The van der Waals surface area contributed by atoms with Gasteiger partial charge in [0.15, 0.2) is 0 Å². The fourth-order valence-corrected chi connectivity index (χ4v) is 0. The fraction of sp³-hybridized carbons (Fsp3) is 0. The first-order valence-electron chi connectivity index (χ1n) is 0.918. The highest BCUT2D eigenvalue weighted by molar-refractivity contribution is 8.04. The van der Waals surface area contributed by atoms with Crippen LogP contribution in [-0.2, 0) is 10.9 Å². The van der Waals surface area contributed by atoms with Crippen LogP contribution in [0.1, 0.15) is 0 Å². The van der Waals surface area contributed by atoms with Crippen molar-refractivity contribution in [3.05, 3.63) is 0 Å². The first-order chi connectivity index (χ1) is 2.27. The largest absolute Gasteiger partial charge is 0.367 e. The molecule has 1 unspecified atom stereocenters. The van der Waals surface area contributed by atoms with Crippen molar-refractivity contribution in [2.45, 2.75) is 0 Å². The van der Waals surface area contributed by atoms with Gasteiger partial charge in [0.25, 0.3) is 0 Å². The summed E-state index contributed by atoms with van der Waals surface area (Å²) in [6.45, 7) is 0.694. The van der Waals surface area contributed by atoms with E-state index in [4.69, 9.17) is 4.55 Å². The van der Waals surface area contributed by atoms with Gasteiger partial charge in [-0.2, -0.15) is 0 Å². The highest BCUT2D eigenvalue weighted by Gasteiger charge is 1.82. The predicted molar refractivity (Wildman–Crippen MR) is 20.7 cm³/mol. The molecule has 0 bridgehead atoms. The minimum absolute atomic E-state index is 0.694. The third-order valence-corrected chi connectivity index (χ3v) is 0.349. The summed E-state index contributed by atoms with van der Waals surface area (Å²) in [6.07, 6.45) is 0. The molecule has 0 spiro atoms. The SMILES string of the molecule is N[B]S(=O)O. The van der Waals surface area contributed by atoms with Crippen molar-refractivity contribution >= 4 is 17.6 Å². The van der Waals surface area contributed by atoms with E-state index in [1.807, 2.05) is 0 Å². The maximum Gasteiger partial charge on any atom is 0.367 e. The van der Waals surface area contributed by atoms with Crippen LogP contribution in [0.4, 0.5) is 0 Å². The quantitative estimate of drug-likeness (QED) is 0.312. The highest BCUT2D eigenvalue weighted by atomic mass is 32.2. The summed E-state index contributed by atoms with van der Waals surface area (Å²) in [6, 6.07) is 0. The molecule has 0 heterocycles. The van der Waals surface area contributed by atoms with Gasteiger partial charge in [-0.05, 0) is 0 Å². The summed E-state index contributed by atoms with van der Waals surface area (Å²) in [4.78, 5) is 0. The summed E-state index contributed by atoms with van der Waals surface area (Å²) in [5.74, 6) is 0. The molecule has 29 valence electrons. The zero-order chi connectivity index (χ0) is 4.28. The summed E-state index contributed by atoms with van der Waals surface area (Å²) in [5.41, 5.74) is 4.50. The van der Waals surface area contributed by atoms with E-state index >= 15 is 0 Å². The maximum atomic E-state index is 9.30. The number of rotatable bonds is 1. The first-order valence-corrected chi connectivity index (χ1v) is 2.09. The molecule has 0 amide bonds. The van der Waals surface area contributed by atoms with E-state index < -0.39 is 10.9 Å². The van der Waals surface area contributed by atoms with Gasteiger partial charge in [-0.3, -0.25) is 0 Å². The van der Waals surface area contributed by atoms with Gasteiger partial charge in [0.05, 0.1) is 0 Å². The molecule has 0 fully saturated rings. The second-order valence-electron chi connectivity index (χ2n) is 0.412. The third kappa shape index (κ3) is 4.13. The van der Waals surface area contributed by atoms with E-state index in [0.29, 0.717) is 6.69 Å². The van der Waals surface area contributed by atoms with Gasteiger partial charge >= 0.3 is 6.69 Å². The minimum atomic E-state index is -1.92. The van der Waals surface area contributed by atoms with E-state index in [1.54, 1.807) is 0 Å². The second-order valence-corrected chi connectivity index (χ2v) is 1.24. The van der Waals surface area contributed by atoms with E-state index in [2.05, 4.69) is 5.64 Å². The molecular formula is H3BNO2S. The van der Waals surface area contributed by atoms with E-state index in [9.17, 15) is 4.21 Å². The van der Waals surface area contributed by atoms with Gasteiger partial charge in [0.2, 0.25) is 0 Å². The van der Waals surface area contributed by atoms with E-state index in [1.165, 1.54) is 0 Å². The van der Waals surface area contributed by atoms with Crippen molar-refractivity contribution in [1.29, 1.82) is 0 Å². The van der Waals surface area contributed by atoms with Crippen LogP contribution < -0.4 is 5.64 Å². The predicted octanol–water partition coefficient (Wildman–Crippen LogP) is -1.30. The van der Waals surface area contributed by atoms with Crippen LogP contribution in [0.3, 0.4) is 0 Å². The number of hydrogen-bond donors (Lipinski definition) is 2. The molecule has 0 aliphatic rings. The Kier molecular flexibility index (Phi) is 2.44. The zero-order valence-electron chi connectivity index (χ0n) is 2.42. The topological polar surface area (TPSA) is 63.3 Å². The summed E-state index contributed by atoms with van der Waals surface area (Å²) < 4.78 is 17.0. The molecule has 0 aromatic heterocycles. The smallest absolute Gasteiger partial charge is 0.360 e. The standard InChI is InChI=1S/BH3NO2S/c2-1-5(3)4/h2H2,(H,3,4). The molecule has 0 aromatic carbocycles. The van der Waals surface area contributed by atoms with Crippen LogP contribution in [0, 0.1) is 0 Å². The lowest BCUT2D eigenvalue weighted by Gasteiger charge is -1.70. The Balaban J connectivity index is 2.85. The van der Waals surface area contributed by atoms with Crippen LogP contribution in [0.2, 0.25) is 0 Å². The van der Waals surface area contributed by atoms with Gasteiger partial charge in [0.1, 0.15) is 10.9 Å². The Morgan fingerprint density at radius 1 is 2.00 bits per heavy atom. The minimum Gasteiger partial charge on any atom is -0.360 e. The molecule has 1 atom stereocenters. The van der Waals surface area contributed by atoms with Crippen molar-refractivity contribution in [3.63, 3.8) is 0 Å². The molecule has 0 aromatic rings. The molecule has 0 saturated heterocycles. The monoisotopic (exact) mass is 92.0 g/mol. The molecular weight excluding hydrogens is 88.9 g/mol. The Morgan fingerprint density at radius 3 is 2.20 bits per heavy atom. The molecule has 0 aliphatic heterocycles. The van der Waals surface area contributed by atoms with E-state index in [-0.39, 0.29) is 0 Å². The average Bonchev–Trinajstić information content (AvgIpc) is 1.38. The van der Waals surface area contributed by atoms with Gasteiger partial charge in [-0.15, -0.1) is 0 Å². The lowest BCUT2D eigenvalue weighted by molar-refractivity contribution is 0.579. The molecule has 0 aliphatic carbocycles. The van der Waals surface area contributed by atoms with Crippen molar-refractivity contribution in [2.75, 3.05) is 0 Å². The van der Waals surface area contributed by atoms with Crippen LogP contribution in [0.25, 0.3) is 0 Å². The third-order valence-electron chi connectivity index (χ3n) is 0.116. The van der Waals surface area contributed by atoms with Crippen molar-refractivity contribution in [3.8, 4) is 0 Å². The van der Waals surface area contributed by atoms with Crippen LogP contribution in [0.5, 0.6) is 0 Å². The van der Waals surface area contributed by atoms with Crippen molar-refractivity contribution in [2.24, 2.45) is 5.64 Å². The normalized spacial score (nSPS) is 14.0. The summed E-state index contributed by atoms with van der Waals surface area (Å²) in [7, 11) is -1.92. The zero-order valence-corrected chi connectivity index (χ0v) is 3.23. The Bertz CT molecular complexity index is 44.9. The van der Waals surface area contributed by atoms with Gasteiger partial charge in [0, 0.05) is 0 Å². The fourth-order valence-electron chi connectivity index (χ4n) is 0. The second kappa shape index (κ2) is 2.38. The molecule has 5 heavy (non-hydrogen) atoms. The van der Waals surface area contributed by atoms with Crippen molar-refractivity contribution in [1.82, 2.24) is 0 Å². The lowest BCUT2D eigenvalue weighted by atomic mass is 10.5. The van der Waals surface area contributed by atoms with Crippen LogP contribution in [0.15, 0.2) is 0 Å². The first kappa shape index (κ1) is 5.13. The number of hydrogen-bond acceptors (Lipinski definition) is 2. The van der Waals surface area contributed by atoms with Crippen molar-refractivity contribution < 1.29 is 8.76 Å². The van der Waals surface area contributed by atoms with Gasteiger partial charge in [-0.25, -0.2) is 4.21 Å². The van der Waals surface area contributed by atoms with E-state index in [0.717, 1.165) is 0 Å². The van der Waals surface area contributed by atoms with Gasteiger partial charge in [-0.1, -0.05) is 0 Å². The molecule has 5 heteroatoms. The number of nitrogens with two attached hydrogens (primary N) is 1. The average molecular weight is 91.9 g/mol.